The minimum absolute atomic E-state index is 0.143. The van der Waals surface area contributed by atoms with Crippen molar-refractivity contribution in [2.24, 2.45) is 0 Å². The second-order valence-electron chi connectivity index (χ2n) is 6.97. The van der Waals surface area contributed by atoms with Crippen molar-refractivity contribution in [2.75, 3.05) is 4.90 Å². The second-order valence-corrected chi connectivity index (χ2v) is 8.00. The zero-order chi connectivity index (χ0) is 21.5. The van der Waals surface area contributed by atoms with Crippen molar-refractivity contribution < 1.29 is 14.0 Å². The Labute approximate surface area is 184 Å². The molecule has 0 aliphatic carbocycles. The smallest absolute Gasteiger partial charge is 0.248 e. The lowest BCUT2D eigenvalue weighted by atomic mass is 10.0. The zero-order valence-electron chi connectivity index (χ0n) is 16.8. The Bertz CT molecular complexity index is 1090. The molecular formula is C25H22N2O3S. The van der Waals surface area contributed by atoms with E-state index in [1.54, 1.807) is 23.3 Å². The third-order valence-electron chi connectivity index (χ3n) is 4.85. The lowest BCUT2D eigenvalue weighted by Gasteiger charge is -2.31. The van der Waals surface area contributed by atoms with Crippen molar-refractivity contribution in [3.63, 3.8) is 0 Å². The quantitative estimate of drug-likeness (QED) is 0.429. The van der Waals surface area contributed by atoms with Crippen LogP contribution >= 0.6 is 11.3 Å². The maximum absolute atomic E-state index is 13.5. The lowest BCUT2D eigenvalue weighted by molar-refractivity contribution is -0.126. The molecule has 0 bridgehead atoms. The largest absolute Gasteiger partial charge is 0.467 e. The van der Waals surface area contributed by atoms with E-state index in [1.165, 1.54) is 11.3 Å². The van der Waals surface area contributed by atoms with Gasteiger partial charge >= 0.3 is 0 Å². The summed E-state index contributed by atoms with van der Waals surface area (Å²) in [5, 5.41) is 4.87. The average molecular weight is 431 g/mol. The van der Waals surface area contributed by atoms with Crippen molar-refractivity contribution >= 4 is 28.8 Å². The number of amides is 2. The highest BCUT2D eigenvalue weighted by Crippen LogP contribution is 2.29. The average Bonchev–Trinajstić information content (AvgIpc) is 3.51. The van der Waals surface area contributed by atoms with E-state index in [1.807, 2.05) is 78.2 Å². The third kappa shape index (κ3) is 5.10. The van der Waals surface area contributed by atoms with Gasteiger partial charge in [-0.1, -0.05) is 54.6 Å². The molecule has 0 aliphatic rings. The fourth-order valence-electron chi connectivity index (χ4n) is 3.41. The molecule has 5 nitrogen and oxygen atoms in total. The van der Waals surface area contributed by atoms with E-state index < -0.39 is 6.04 Å². The number of nitrogens with zero attached hydrogens (tertiary/aromatic N) is 1. The van der Waals surface area contributed by atoms with Crippen LogP contribution in [0.15, 0.2) is 101 Å². The number of benzene rings is 2. The summed E-state index contributed by atoms with van der Waals surface area (Å²) in [6.45, 7) is 0.247. The summed E-state index contributed by atoms with van der Waals surface area (Å²) < 4.78 is 5.34. The Balaban J connectivity index is 1.70. The molecule has 0 unspecified atom stereocenters. The highest BCUT2D eigenvalue weighted by Gasteiger charge is 2.32. The predicted molar refractivity (Wildman–Crippen MR) is 122 cm³/mol. The number of hydrogen-bond acceptors (Lipinski definition) is 4. The van der Waals surface area contributed by atoms with Gasteiger partial charge in [0.2, 0.25) is 11.8 Å². The number of rotatable bonds is 8. The van der Waals surface area contributed by atoms with E-state index in [0.717, 1.165) is 10.4 Å². The number of para-hydroxylation sites is 1. The Morgan fingerprint density at radius 2 is 1.65 bits per heavy atom. The van der Waals surface area contributed by atoms with Gasteiger partial charge in [-0.05, 0) is 41.3 Å². The van der Waals surface area contributed by atoms with Gasteiger partial charge in [0.1, 0.15) is 11.8 Å². The lowest BCUT2D eigenvalue weighted by Crippen LogP contribution is -2.44. The van der Waals surface area contributed by atoms with Crippen molar-refractivity contribution in [2.45, 2.75) is 19.0 Å². The molecule has 0 fully saturated rings. The molecule has 6 heteroatoms. The molecule has 0 saturated carbocycles. The third-order valence-corrected chi connectivity index (χ3v) is 5.72. The molecule has 0 spiro atoms. The Hall–Kier alpha value is -3.64. The fourth-order valence-corrected chi connectivity index (χ4v) is 4.11. The van der Waals surface area contributed by atoms with Crippen LogP contribution in [-0.4, -0.2) is 11.8 Å². The fraction of sp³-hybridized carbons (Fsp3) is 0.120. The van der Waals surface area contributed by atoms with E-state index in [0.29, 0.717) is 11.4 Å². The van der Waals surface area contributed by atoms with E-state index in [4.69, 9.17) is 4.42 Å². The van der Waals surface area contributed by atoms with Gasteiger partial charge in [-0.25, -0.2) is 0 Å². The highest BCUT2D eigenvalue weighted by molar-refractivity contribution is 7.10. The summed E-state index contributed by atoms with van der Waals surface area (Å²) in [7, 11) is 0. The van der Waals surface area contributed by atoms with Crippen LogP contribution < -0.4 is 10.2 Å². The van der Waals surface area contributed by atoms with E-state index >= 15 is 0 Å². The molecule has 0 saturated heterocycles. The number of carbonyl (C=O) groups is 2. The van der Waals surface area contributed by atoms with E-state index in [-0.39, 0.29) is 24.8 Å². The molecule has 2 aromatic carbocycles. The molecule has 31 heavy (non-hydrogen) atoms. The van der Waals surface area contributed by atoms with Crippen LogP contribution in [0, 0.1) is 0 Å². The normalized spacial score (nSPS) is 11.6. The first-order valence-corrected chi connectivity index (χ1v) is 10.8. The van der Waals surface area contributed by atoms with Gasteiger partial charge in [-0.15, -0.1) is 11.3 Å². The van der Waals surface area contributed by atoms with Gasteiger partial charge in [-0.2, -0.15) is 0 Å². The summed E-state index contributed by atoms with van der Waals surface area (Å²) in [6, 6.07) is 25.3. The predicted octanol–water partition coefficient (Wildman–Crippen LogP) is 4.97. The number of hydrogen-bond donors (Lipinski definition) is 1. The molecule has 2 aromatic heterocycles. The summed E-state index contributed by atoms with van der Waals surface area (Å²) in [5.41, 5.74) is 1.41. The minimum atomic E-state index is -0.814. The van der Waals surface area contributed by atoms with Gasteiger partial charge in [0, 0.05) is 10.6 Å². The number of anilines is 1. The van der Waals surface area contributed by atoms with Gasteiger partial charge in [0.25, 0.3) is 0 Å². The van der Waals surface area contributed by atoms with Crippen molar-refractivity contribution in [3.8, 4) is 0 Å². The standard InChI is InChI=1S/C25H22N2O3S/c28-23(17-22-14-8-16-31-22)27(20-11-5-2-6-12-20)24(19-9-3-1-4-10-19)25(29)26-18-21-13-7-15-30-21/h1-16,24H,17-18H2,(H,26,29)/t24-/m1/s1. The molecular weight excluding hydrogens is 408 g/mol. The number of nitrogens with one attached hydrogen (secondary N) is 1. The monoisotopic (exact) mass is 430 g/mol. The first-order chi connectivity index (χ1) is 15.2. The molecule has 4 rings (SSSR count). The summed E-state index contributed by atoms with van der Waals surface area (Å²) in [5.74, 6) is 0.234. The molecule has 0 aliphatic heterocycles. The molecule has 1 N–H and O–H groups in total. The van der Waals surface area contributed by atoms with Gasteiger partial charge in [0.15, 0.2) is 0 Å². The number of carbonyl (C=O) groups excluding carboxylic acids is 2. The molecule has 0 radical (unpaired) electrons. The van der Waals surface area contributed by atoms with Crippen molar-refractivity contribution in [1.29, 1.82) is 0 Å². The summed E-state index contributed by atoms with van der Waals surface area (Å²) in [6.07, 6.45) is 1.79. The highest BCUT2D eigenvalue weighted by atomic mass is 32.1. The molecule has 1 atom stereocenters. The van der Waals surface area contributed by atoms with E-state index in [2.05, 4.69) is 5.32 Å². The van der Waals surface area contributed by atoms with E-state index in [9.17, 15) is 9.59 Å². The maximum atomic E-state index is 13.5. The van der Waals surface area contributed by atoms with Crippen LogP contribution in [0.2, 0.25) is 0 Å². The molecule has 4 aromatic rings. The Morgan fingerprint density at radius 3 is 2.29 bits per heavy atom. The van der Waals surface area contributed by atoms with Crippen LogP contribution in [0.1, 0.15) is 22.2 Å². The Morgan fingerprint density at radius 1 is 0.903 bits per heavy atom. The van der Waals surface area contributed by atoms with Gasteiger partial charge < -0.3 is 9.73 Å². The molecule has 156 valence electrons. The zero-order valence-corrected chi connectivity index (χ0v) is 17.6. The number of furan rings is 1. The summed E-state index contributed by atoms with van der Waals surface area (Å²) >= 11 is 1.53. The minimum Gasteiger partial charge on any atom is -0.467 e. The second kappa shape index (κ2) is 9.91. The first-order valence-electron chi connectivity index (χ1n) is 9.97. The first kappa shape index (κ1) is 20.6. The van der Waals surface area contributed by atoms with Gasteiger partial charge in [0.05, 0.1) is 19.2 Å². The topological polar surface area (TPSA) is 62.6 Å². The van der Waals surface area contributed by atoms with Crippen LogP contribution in [0.5, 0.6) is 0 Å². The van der Waals surface area contributed by atoms with Crippen molar-refractivity contribution in [3.05, 3.63) is 113 Å². The van der Waals surface area contributed by atoms with Crippen LogP contribution in [0.4, 0.5) is 5.69 Å². The number of thiophene rings is 1. The van der Waals surface area contributed by atoms with Crippen LogP contribution in [0.25, 0.3) is 0 Å². The summed E-state index contributed by atoms with van der Waals surface area (Å²) in [4.78, 5) is 29.5. The van der Waals surface area contributed by atoms with Crippen LogP contribution in [-0.2, 0) is 22.6 Å². The maximum Gasteiger partial charge on any atom is 0.248 e. The van der Waals surface area contributed by atoms with Gasteiger partial charge in [-0.3, -0.25) is 14.5 Å². The van der Waals surface area contributed by atoms with Crippen LogP contribution in [0.3, 0.4) is 0 Å². The van der Waals surface area contributed by atoms with Crippen molar-refractivity contribution in [1.82, 2.24) is 5.32 Å². The SMILES string of the molecule is O=C(NCc1ccco1)[C@@H](c1ccccc1)N(C(=O)Cc1cccs1)c1ccccc1. The molecule has 2 heterocycles. The molecule has 2 amide bonds. The Kier molecular flexibility index (Phi) is 6.59.